The lowest BCUT2D eigenvalue weighted by atomic mass is 10.2. The van der Waals surface area contributed by atoms with Gasteiger partial charge in [0, 0.05) is 13.1 Å². The van der Waals surface area contributed by atoms with Gasteiger partial charge in [-0.25, -0.2) is 13.5 Å². The Kier molecular flexibility index (Phi) is 4.52. The molecule has 7 heteroatoms. The molecule has 0 aliphatic heterocycles. The standard InChI is InChI=1S/C14H15F2N3O2/c1-4-20-9(2)8-21-14-17-13(19(3)18-14)11-6-5-10(15)7-12(11)16/h5-7H,2,4,8H2,1,3H3. The van der Waals surface area contributed by atoms with Gasteiger partial charge in [-0.2, -0.15) is 4.98 Å². The predicted molar refractivity (Wildman–Crippen MR) is 72.6 cm³/mol. The summed E-state index contributed by atoms with van der Waals surface area (Å²) in [4.78, 5) is 4.07. The molecule has 0 aliphatic rings. The molecule has 0 spiro atoms. The van der Waals surface area contributed by atoms with E-state index in [1.165, 1.54) is 10.7 Å². The Morgan fingerprint density at radius 2 is 2.14 bits per heavy atom. The van der Waals surface area contributed by atoms with Crippen LogP contribution in [0.15, 0.2) is 30.5 Å². The second-order valence-corrected chi connectivity index (χ2v) is 4.23. The van der Waals surface area contributed by atoms with Crippen molar-refractivity contribution in [3.8, 4) is 17.4 Å². The van der Waals surface area contributed by atoms with Crippen molar-refractivity contribution in [1.82, 2.24) is 14.8 Å². The number of hydrogen-bond donors (Lipinski definition) is 0. The first-order chi connectivity index (χ1) is 10.0. The fourth-order valence-corrected chi connectivity index (χ4v) is 1.72. The second kappa shape index (κ2) is 6.34. The van der Waals surface area contributed by atoms with Crippen LogP contribution in [0.3, 0.4) is 0 Å². The highest BCUT2D eigenvalue weighted by atomic mass is 19.1. The molecule has 0 saturated carbocycles. The topological polar surface area (TPSA) is 49.2 Å². The van der Waals surface area contributed by atoms with E-state index in [9.17, 15) is 8.78 Å². The smallest absolute Gasteiger partial charge is 0.336 e. The van der Waals surface area contributed by atoms with Gasteiger partial charge in [0.25, 0.3) is 0 Å². The van der Waals surface area contributed by atoms with Crippen LogP contribution in [0.2, 0.25) is 0 Å². The molecule has 1 aromatic heterocycles. The van der Waals surface area contributed by atoms with Gasteiger partial charge in [0.2, 0.25) is 0 Å². The van der Waals surface area contributed by atoms with Gasteiger partial charge in [-0.15, -0.1) is 5.10 Å². The summed E-state index contributed by atoms with van der Waals surface area (Å²) in [7, 11) is 1.59. The molecule has 112 valence electrons. The molecule has 2 aromatic rings. The third kappa shape index (κ3) is 3.56. The molecule has 1 heterocycles. The van der Waals surface area contributed by atoms with Crippen molar-refractivity contribution in [2.45, 2.75) is 6.92 Å². The summed E-state index contributed by atoms with van der Waals surface area (Å²) in [6, 6.07) is 3.32. The van der Waals surface area contributed by atoms with E-state index in [1.54, 1.807) is 7.05 Å². The largest absolute Gasteiger partial charge is 0.495 e. The van der Waals surface area contributed by atoms with Crippen molar-refractivity contribution in [3.05, 3.63) is 42.2 Å². The highest BCUT2D eigenvalue weighted by Crippen LogP contribution is 2.23. The lowest BCUT2D eigenvalue weighted by molar-refractivity contribution is 0.176. The monoisotopic (exact) mass is 295 g/mol. The minimum atomic E-state index is -0.712. The van der Waals surface area contributed by atoms with Crippen molar-refractivity contribution in [1.29, 1.82) is 0 Å². The van der Waals surface area contributed by atoms with Gasteiger partial charge >= 0.3 is 6.01 Å². The molecule has 0 saturated heterocycles. The fraction of sp³-hybridized carbons (Fsp3) is 0.286. The summed E-state index contributed by atoms with van der Waals surface area (Å²) in [5, 5.41) is 4.01. The average molecular weight is 295 g/mol. The van der Waals surface area contributed by atoms with E-state index < -0.39 is 11.6 Å². The third-order valence-corrected chi connectivity index (χ3v) is 2.63. The number of rotatable bonds is 6. The van der Waals surface area contributed by atoms with Crippen LogP contribution in [0, 0.1) is 11.6 Å². The minimum Gasteiger partial charge on any atom is -0.495 e. The van der Waals surface area contributed by atoms with E-state index in [-0.39, 0.29) is 24.0 Å². The molecule has 0 atom stereocenters. The van der Waals surface area contributed by atoms with E-state index in [4.69, 9.17) is 9.47 Å². The van der Waals surface area contributed by atoms with Crippen LogP contribution in [0.1, 0.15) is 6.92 Å². The Morgan fingerprint density at radius 3 is 2.81 bits per heavy atom. The highest BCUT2D eigenvalue weighted by molar-refractivity contribution is 5.56. The first kappa shape index (κ1) is 15.0. The molecular weight excluding hydrogens is 280 g/mol. The van der Waals surface area contributed by atoms with Gasteiger partial charge in [0.05, 0.1) is 12.2 Å². The number of halogens is 2. The number of ether oxygens (including phenoxy) is 2. The van der Waals surface area contributed by atoms with Crippen molar-refractivity contribution in [2.75, 3.05) is 13.2 Å². The third-order valence-electron chi connectivity index (χ3n) is 2.63. The highest BCUT2D eigenvalue weighted by Gasteiger charge is 2.15. The summed E-state index contributed by atoms with van der Waals surface area (Å²) in [6.45, 7) is 6.08. The van der Waals surface area contributed by atoms with Crippen LogP contribution < -0.4 is 4.74 Å². The van der Waals surface area contributed by atoms with Gasteiger partial charge in [-0.1, -0.05) is 6.58 Å². The maximum Gasteiger partial charge on any atom is 0.336 e. The molecule has 0 aliphatic carbocycles. The van der Waals surface area contributed by atoms with E-state index in [0.717, 1.165) is 12.1 Å². The fourth-order valence-electron chi connectivity index (χ4n) is 1.72. The Balaban J connectivity index is 2.17. The summed E-state index contributed by atoms with van der Waals surface area (Å²) in [6.07, 6.45) is 0. The van der Waals surface area contributed by atoms with Crippen molar-refractivity contribution >= 4 is 0 Å². The maximum atomic E-state index is 13.7. The second-order valence-electron chi connectivity index (χ2n) is 4.23. The summed E-state index contributed by atoms with van der Waals surface area (Å²) in [5.74, 6) is -0.678. The molecule has 5 nitrogen and oxygen atoms in total. The van der Waals surface area contributed by atoms with Crippen molar-refractivity contribution in [2.24, 2.45) is 7.05 Å². The zero-order valence-corrected chi connectivity index (χ0v) is 11.8. The van der Waals surface area contributed by atoms with Gasteiger partial charge in [0.15, 0.2) is 5.82 Å². The van der Waals surface area contributed by atoms with E-state index >= 15 is 0 Å². The average Bonchev–Trinajstić information content (AvgIpc) is 2.78. The molecule has 2 rings (SSSR count). The molecule has 0 fully saturated rings. The maximum absolute atomic E-state index is 13.7. The predicted octanol–water partition coefficient (Wildman–Crippen LogP) is 2.69. The van der Waals surface area contributed by atoms with E-state index in [2.05, 4.69) is 16.7 Å². The Labute approximate surface area is 120 Å². The van der Waals surface area contributed by atoms with Gasteiger partial charge < -0.3 is 9.47 Å². The lowest BCUT2D eigenvalue weighted by Gasteiger charge is -2.05. The van der Waals surface area contributed by atoms with Gasteiger partial charge in [-0.05, 0) is 19.1 Å². The van der Waals surface area contributed by atoms with Crippen LogP contribution in [-0.2, 0) is 11.8 Å². The zero-order valence-electron chi connectivity index (χ0n) is 11.8. The van der Waals surface area contributed by atoms with Crippen LogP contribution in [0.25, 0.3) is 11.4 Å². The molecule has 0 unspecified atom stereocenters. The molecular formula is C14H15F2N3O2. The molecule has 0 N–H and O–H groups in total. The number of hydrogen-bond acceptors (Lipinski definition) is 4. The summed E-state index contributed by atoms with van der Waals surface area (Å²) in [5.41, 5.74) is 0.143. The zero-order chi connectivity index (χ0) is 15.4. The van der Waals surface area contributed by atoms with Crippen LogP contribution in [0.4, 0.5) is 8.78 Å². The van der Waals surface area contributed by atoms with Crippen molar-refractivity contribution in [3.63, 3.8) is 0 Å². The van der Waals surface area contributed by atoms with Crippen molar-refractivity contribution < 1.29 is 18.3 Å². The minimum absolute atomic E-state index is 0.0667. The van der Waals surface area contributed by atoms with Crippen LogP contribution in [-0.4, -0.2) is 28.0 Å². The molecule has 0 amide bonds. The molecule has 0 bridgehead atoms. The number of aromatic nitrogens is 3. The Hall–Kier alpha value is -2.44. The first-order valence-corrected chi connectivity index (χ1v) is 6.31. The molecule has 21 heavy (non-hydrogen) atoms. The molecule has 0 radical (unpaired) electrons. The number of nitrogens with zero attached hydrogens (tertiary/aromatic N) is 3. The SMILES string of the molecule is C=C(COc1nc(-c2ccc(F)cc2F)n(C)n1)OCC. The Morgan fingerprint density at radius 1 is 1.38 bits per heavy atom. The normalized spacial score (nSPS) is 10.5. The lowest BCUT2D eigenvalue weighted by Crippen LogP contribution is -2.04. The first-order valence-electron chi connectivity index (χ1n) is 6.31. The van der Waals surface area contributed by atoms with Gasteiger partial charge in [-0.3, -0.25) is 0 Å². The van der Waals surface area contributed by atoms with Crippen LogP contribution in [0.5, 0.6) is 6.01 Å². The van der Waals surface area contributed by atoms with E-state index in [1.807, 2.05) is 6.92 Å². The van der Waals surface area contributed by atoms with Gasteiger partial charge in [0.1, 0.15) is 24.0 Å². The van der Waals surface area contributed by atoms with E-state index in [0.29, 0.717) is 12.4 Å². The summed E-state index contributed by atoms with van der Waals surface area (Å²) < 4.78 is 38.5. The number of aryl methyl sites for hydroxylation is 1. The molecule has 1 aromatic carbocycles. The quantitative estimate of drug-likeness (QED) is 0.769. The number of benzene rings is 1. The summed E-state index contributed by atoms with van der Waals surface area (Å²) >= 11 is 0. The Bertz CT molecular complexity index is 656. The van der Waals surface area contributed by atoms with Crippen LogP contribution >= 0.6 is 0 Å².